The van der Waals surface area contributed by atoms with Gasteiger partial charge in [0.25, 0.3) is 0 Å². The normalized spacial score (nSPS) is 9.08. The molecule has 0 heterocycles. The summed E-state index contributed by atoms with van der Waals surface area (Å²) in [6.07, 6.45) is 2.73. The molecule has 0 unspecified atom stereocenters. The van der Waals surface area contributed by atoms with Gasteiger partial charge in [0.2, 0.25) is 0 Å². The van der Waals surface area contributed by atoms with Crippen molar-refractivity contribution in [1.82, 2.24) is 0 Å². The molecule has 0 aromatic rings. The SMILES string of the molecule is COCCOCCl.[Li][CH2]CCC. The van der Waals surface area contributed by atoms with Crippen LogP contribution >= 0.6 is 11.6 Å². The minimum absolute atomic E-state index is 0.253. The van der Waals surface area contributed by atoms with E-state index in [0.717, 1.165) is 0 Å². The van der Waals surface area contributed by atoms with Crippen LogP contribution in [0.2, 0.25) is 5.09 Å². The molecule has 0 amide bonds. The quantitative estimate of drug-likeness (QED) is 0.362. The van der Waals surface area contributed by atoms with E-state index in [-0.39, 0.29) is 6.07 Å². The summed E-state index contributed by atoms with van der Waals surface area (Å²) >= 11 is 7.37. The summed E-state index contributed by atoms with van der Waals surface area (Å²) in [6.45, 7) is 3.41. The summed E-state index contributed by atoms with van der Waals surface area (Å²) in [6, 6.07) is 0.253. The van der Waals surface area contributed by atoms with E-state index in [1.54, 1.807) is 7.11 Å². The molecule has 0 aromatic heterocycles. The molecular weight excluding hydrogens is 170 g/mol. The van der Waals surface area contributed by atoms with Crippen molar-refractivity contribution >= 4 is 29.3 Å². The number of hydrogen-bond donors (Lipinski definition) is 0. The zero-order valence-electron chi connectivity index (χ0n) is 8.44. The third kappa shape index (κ3) is 22.4. The molecular formula is C8H18ClLiO2. The van der Waals surface area contributed by atoms with Crippen LogP contribution in [-0.2, 0) is 9.47 Å². The Balaban J connectivity index is 0. The van der Waals surface area contributed by atoms with Crippen molar-refractivity contribution < 1.29 is 9.47 Å². The summed E-state index contributed by atoms with van der Waals surface area (Å²) in [5.41, 5.74) is 0. The van der Waals surface area contributed by atoms with E-state index in [2.05, 4.69) is 29.4 Å². The fourth-order valence-corrected chi connectivity index (χ4v) is 0.659. The van der Waals surface area contributed by atoms with E-state index in [1.165, 1.54) is 17.9 Å². The van der Waals surface area contributed by atoms with Crippen LogP contribution in [0.1, 0.15) is 19.8 Å². The van der Waals surface area contributed by atoms with Gasteiger partial charge in [-0.1, -0.05) is 11.6 Å². The number of unbranched alkanes of at least 4 members (excludes halogenated alkanes) is 1. The standard InChI is InChI=1S/C4H9ClO2.C4H9.Li/c1-6-2-3-7-4-5;1-3-4-2;/h2-4H2,1H3;1,3-4H2,2H3;. The van der Waals surface area contributed by atoms with Crippen LogP contribution in [0.15, 0.2) is 0 Å². The molecule has 0 bridgehead atoms. The summed E-state index contributed by atoms with van der Waals surface area (Å²) in [5.74, 6) is 0. The molecule has 0 radical (unpaired) electrons. The Morgan fingerprint density at radius 1 is 1.33 bits per heavy atom. The second kappa shape index (κ2) is 17.8. The molecule has 0 spiro atoms. The van der Waals surface area contributed by atoms with Gasteiger partial charge in [-0.2, -0.15) is 0 Å². The molecule has 0 aromatic carbocycles. The van der Waals surface area contributed by atoms with Crippen LogP contribution in [0.4, 0.5) is 0 Å². The van der Waals surface area contributed by atoms with Gasteiger partial charge in [-0.25, -0.2) is 0 Å². The molecule has 0 aliphatic heterocycles. The Bertz CT molecular complexity index is 59.0. The third-order valence-electron chi connectivity index (χ3n) is 1.22. The van der Waals surface area contributed by atoms with Crippen LogP contribution in [0.5, 0.6) is 0 Å². The first-order valence-electron chi connectivity index (χ1n) is 4.46. The van der Waals surface area contributed by atoms with Gasteiger partial charge in [0.15, 0.2) is 0 Å². The monoisotopic (exact) mass is 188 g/mol. The van der Waals surface area contributed by atoms with E-state index in [4.69, 9.17) is 16.3 Å². The van der Waals surface area contributed by atoms with Gasteiger partial charge in [0, 0.05) is 7.11 Å². The van der Waals surface area contributed by atoms with Crippen molar-refractivity contribution in [1.29, 1.82) is 0 Å². The third-order valence-corrected chi connectivity index (χ3v) is 1.37. The first-order chi connectivity index (χ1) is 5.83. The van der Waals surface area contributed by atoms with E-state index in [0.29, 0.717) is 13.2 Å². The van der Waals surface area contributed by atoms with Crippen LogP contribution in [0.3, 0.4) is 0 Å². The topological polar surface area (TPSA) is 18.5 Å². The van der Waals surface area contributed by atoms with Gasteiger partial charge in [-0.05, 0) is 0 Å². The Morgan fingerprint density at radius 3 is 2.25 bits per heavy atom. The van der Waals surface area contributed by atoms with Crippen molar-refractivity contribution in [2.45, 2.75) is 24.9 Å². The fourth-order valence-electron chi connectivity index (χ4n) is 0.550. The zero-order chi connectivity index (χ0) is 9.66. The van der Waals surface area contributed by atoms with Crippen LogP contribution in [-0.4, -0.2) is 44.1 Å². The molecule has 0 saturated heterocycles. The van der Waals surface area contributed by atoms with Crippen LogP contribution in [0, 0.1) is 0 Å². The first-order valence-corrected chi connectivity index (χ1v) is 4.99. The van der Waals surface area contributed by atoms with Gasteiger partial charge in [-0.3, -0.25) is 0 Å². The van der Waals surface area contributed by atoms with Crippen molar-refractivity contribution in [3.63, 3.8) is 0 Å². The Kier molecular flexibility index (Phi) is 22.6. The molecule has 0 fully saturated rings. The van der Waals surface area contributed by atoms with Crippen LogP contribution in [0.25, 0.3) is 0 Å². The molecule has 2 nitrogen and oxygen atoms in total. The maximum absolute atomic E-state index is 5.16. The number of rotatable bonds is 6. The molecule has 0 rings (SSSR count). The summed E-state index contributed by atoms with van der Waals surface area (Å²) < 4.78 is 9.37. The van der Waals surface area contributed by atoms with E-state index in [9.17, 15) is 0 Å². The van der Waals surface area contributed by atoms with Crippen molar-refractivity contribution in [2.24, 2.45) is 0 Å². The Labute approximate surface area is 90.2 Å². The van der Waals surface area contributed by atoms with Gasteiger partial charge < -0.3 is 9.47 Å². The van der Waals surface area contributed by atoms with Gasteiger partial charge >= 0.3 is 42.6 Å². The van der Waals surface area contributed by atoms with Crippen LogP contribution < -0.4 is 0 Å². The average Bonchev–Trinajstić information content (AvgIpc) is 2.08. The molecule has 0 atom stereocenters. The molecule has 0 aliphatic carbocycles. The summed E-state index contributed by atoms with van der Waals surface area (Å²) in [7, 11) is 1.62. The first kappa shape index (κ1) is 15.3. The van der Waals surface area contributed by atoms with Crippen molar-refractivity contribution in [3.8, 4) is 0 Å². The van der Waals surface area contributed by atoms with Crippen molar-refractivity contribution in [3.05, 3.63) is 0 Å². The molecule has 0 aliphatic rings. The number of ether oxygens (including phenoxy) is 2. The molecule has 12 heavy (non-hydrogen) atoms. The van der Waals surface area contributed by atoms with Gasteiger partial charge in [0.1, 0.15) is 6.07 Å². The zero-order valence-corrected chi connectivity index (χ0v) is 9.19. The molecule has 70 valence electrons. The Morgan fingerprint density at radius 2 is 2.00 bits per heavy atom. The summed E-state index contributed by atoms with van der Waals surface area (Å²) in [5, 5.41) is 1.34. The predicted molar refractivity (Wildman–Crippen MR) is 54.0 cm³/mol. The molecule has 4 heteroatoms. The van der Waals surface area contributed by atoms with Crippen molar-refractivity contribution in [2.75, 3.05) is 26.4 Å². The number of halogens is 1. The Hall–Kier alpha value is 0.807. The van der Waals surface area contributed by atoms with Gasteiger partial charge in [0.05, 0.1) is 13.2 Å². The second-order valence-electron chi connectivity index (χ2n) is 2.36. The number of methoxy groups -OCH3 is 1. The van der Waals surface area contributed by atoms with E-state index in [1.807, 2.05) is 0 Å². The van der Waals surface area contributed by atoms with E-state index < -0.39 is 0 Å². The molecule has 0 N–H and O–H groups in total. The number of alkyl halides is 1. The molecule has 0 saturated carbocycles. The predicted octanol–water partition coefficient (Wildman–Crippen LogP) is 2.22. The average molecular weight is 189 g/mol. The van der Waals surface area contributed by atoms with Gasteiger partial charge in [-0.15, -0.1) is 0 Å². The fraction of sp³-hybridized carbons (Fsp3) is 1.00. The van der Waals surface area contributed by atoms with E-state index >= 15 is 0 Å². The number of hydrogen-bond acceptors (Lipinski definition) is 2. The maximum atomic E-state index is 5.16. The summed E-state index contributed by atoms with van der Waals surface area (Å²) in [4.78, 5) is 0. The second-order valence-corrected chi connectivity index (χ2v) is 2.58. The minimum atomic E-state index is 0.253.